The van der Waals surface area contributed by atoms with E-state index in [0.29, 0.717) is 6.42 Å². The lowest BCUT2D eigenvalue weighted by Gasteiger charge is -2.14. The first kappa shape index (κ1) is 15.7. The normalized spacial score (nSPS) is 12.0. The number of carbonyl (C=O) groups excluding carboxylic acids is 1. The summed E-state index contributed by atoms with van der Waals surface area (Å²) in [5.41, 5.74) is 1.21. The minimum atomic E-state index is -0.320. The van der Waals surface area contributed by atoms with Crippen LogP contribution in [0, 0.1) is 5.82 Å². The van der Waals surface area contributed by atoms with Gasteiger partial charge in [0.2, 0.25) is 0 Å². The van der Waals surface area contributed by atoms with Crippen molar-refractivity contribution in [1.82, 2.24) is 10.3 Å². The zero-order chi connectivity index (χ0) is 15.4. The molecule has 0 bridgehead atoms. The zero-order valence-corrected chi connectivity index (χ0v) is 12.7. The van der Waals surface area contributed by atoms with Gasteiger partial charge in [-0.25, -0.2) is 9.37 Å². The molecule has 0 fully saturated rings. The van der Waals surface area contributed by atoms with Crippen LogP contribution in [0.1, 0.15) is 22.8 Å². The van der Waals surface area contributed by atoms with E-state index in [4.69, 9.17) is 23.2 Å². The van der Waals surface area contributed by atoms with Crippen LogP contribution in [0.25, 0.3) is 0 Å². The van der Waals surface area contributed by atoms with Crippen molar-refractivity contribution in [3.63, 3.8) is 0 Å². The fraction of sp³-hybridized carbons (Fsp3) is 0.200. The fourth-order valence-corrected chi connectivity index (χ4v) is 2.26. The largest absolute Gasteiger partial charge is 0.349 e. The molecular formula is C15H13Cl2FN2O. The molecule has 1 heterocycles. The number of carbonyl (C=O) groups is 1. The summed E-state index contributed by atoms with van der Waals surface area (Å²) in [6.07, 6.45) is 1.92. The molecule has 0 aliphatic carbocycles. The molecule has 0 saturated heterocycles. The Morgan fingerprint density at radius 2 is 2.00 bits per heavy atom. The standard InChI is InChI=1S/C15H13Cl2FN2O/c1-9(6-10-2-4-11(18)5-3-10)20-15(21)12-7-14(17)19-8-13(12)16/h2-5,7-9H,6H2,1H3,(H,20,21). The third kappa shape index (κ3) is 4.41. The van der Waals surface area contributed by atoms with Gasteiger partial charge in [0.1, 0.15) is 11.0 Å². The SMILES string of the molecule is CC(Cc1ccc(F)cc1)NC(=O)c1cc(Cl)ncc1Cl. The van der Waals surface area contributed by atoms with Crippen molar-refractivity contribution < 1.29 is 9.18 Å². The van der Waals surface area contributed by atoms with Crippen LogP contribution in [-0.2, 0) is 6.42 Å². The van der Waals surface area contributed by atoms with Crippen LogP contribution in [0.3, 0.4) is 0 Å². The van der Waals surface area contributed by atoms with E-state index < -0.39 is 0 Å². The fourth-order valence-electron chi connectivity index (χ4n) is 1.91. The predicted octanol–water partition coefficient (Wildman–Crippen LogP) is 3.89. The Morgan fingerprint density at radius 3 is 2.67 bits per heavy atom. The summed E-state index contributed by atoms with van der Waals surface area (Å²) >= 11 is 11.7. The summed E-state index contributed by atoms with van der Waals surface area (Å²) in [7, 11) is 0. The highest BCUT2D eigenvalue weighted by Gasteiger charge is 2.14. The molecule has 0 spiro atoms. The van der Waals surface area contributed by atoms with E-state index in [2.05, 4.69) is 10.3 Å². The Balaban J connectivity index is 2.01. The van der Waals surface area contributed by atoms with Crippen molar-refractivity contribution >= 4 is 29.1 Å². The second kappa shape index (κ2) is 6.87. The third-order valence-corrected chi connectivity index (χ3v) is 3.41. The van der Waals surface area contributed by atoms with Gasteiger partial charge in [0.25, 0.3) is 5.91 Å². The van der Waals surface area contributed by atoms with E-state index in [-0.39, 0.29) is 33.5 Å². The number of amides is 1. The molecule has 3 nitrogen and oxygen atoms in total. The summed E-state index contributed by atoms with van der Waals surface area (Å²) in [5, 5.41) is 3.27. The number of nitrogens with zero attached hydrogens (tertiary/aromatic N) is 1. The van der Waals surface area contributed by atoms with Gasteiger partial charge < -0.3 is 5.32 Å². The van der Waals surface area contributed by atoms with E-state index in [1.807, 2.05) is 6.92 Å². The molecular weight excluding hydrogens is 314 g/mol. The first-order valence-corrected chi connectivity index (χ1v) is 7.07. The Labute approximate surface area is 132 Å². The van der Waals surface area contributed by atoms with Gasteiger partial charge in [0.15, 0.2) is 0 Å². The summed E-state index contributed by atoms with van der Waals surface area (Å²) in [5.74, 6) is -0.604. The van der Waals surface area contributed by atoms with E-state index in [0.717, 1.165) is 5.56 Å². The molecule has 110 valence electrons. The van der Waals surface area contributed by atoms with Gasteiger partial charge in [0, 0.05) is 12.2 Å². The van der Waals surface area contributed by atoms with Gasteiger partial charge in [-0.3, -0.25) is 4.79 Å². The van der Waals surface area contributed by atoms with E-state index >= 15 is 0 Å². The second-order valence-electron chi connectivity index (χ2n) is 4.69. The lowest BCUT2D eigenvalue weighted by molar-refractivity contribution is 0.0940. The third-order valence-electron chi connectivity index (χ3n) is 2.90. The molecule has 1 aromatic carbocycles. The number of hydrogen-bond acceptors (Lipinski definition) is 2. The molecule has 21 heavy (non-hydrogen) atoms. The van der Waals surface area contributed by atoms with Crippen LogP contribution < -0.4 is 5.32 Å². The molecule has 1 unspecified atom stereocenters. The molecule has 1 aromatic heterocycles. The molecule has 0 aliphatic rings. The molecule has 0 saturated carbocycles. The van der Waals surface area contributed by atoms with Crippen molar-refractivity contribution in [3.05, 3.63) is 63.6 Å². The topological polar surface area (TPSA) is 42.0 Å². The van der Waals surface area contributed by atoms with Gasteiger partial charge in [-0.05, 0) is 37.1 Å². The predicted molar refractivity (Wildman–Crippen MR) is 81.3 cm³/mol. The quantitative estimate of drug-likeness (QED) is 0.866. The number of halogens is 3. The minimum absolute atomic E-state index is 0.133. The number of hydrogen-bond donors (Lipinski definition) is 1. The Morgan fingerprint density at radius 1 is 1.33 bits per heavy atom. The van der Waals surface area contributed by atoms with E-state index in [1.165, 1.54) is 24.4 Å². The highest BCUT2D eigenvalue weighted by Crippen LogP contribution is 2.18. The van der Waals surface area contributed by atoms with Crippen molar-refractivity contribution in [1.29, 1.82) is 0 Å². The zero-order valence-electron chi connectivity index (χ0n) is 11.2. The van der Waals surface area contributed by atoms with Crippen LogP contribution in [0.4, 0.5) is 4.39 Å². The molecule has 2 rings (SSSR count). The number of benzene rings is 1. The lowest BCUT2D eigenvalue weighted by atomic mass is 10.1. The van der Waals surface area contributed by atoms with Gasteiger partial charge in [-0.2, -0.15) is 0 Å². The van der Waals surface area contributed by atoms with Crippen LogP contribution in [-0.4, -0.2) is 16.9 Å². The monoisotopic (exact) mass is 326 g/mol. The second-order valence-corrected chi connectivity index (χ2v) is 5.49. The molecule has 0 aliphatic heterocycles. The Hall–Kier alpha value is -1.65. The minimum Gasteiger partial charge on any atom is -0.349 e. The van der Waals surface area contributed by atoms with Gasteiger partial charge in [-0.15, -0.1) is 0 Å². The average Bonchev–Trinajstić information content (AvgIpc) is 2.44. The van der Waals surface area contributed by atoms with Gasteiger partial charge in [-0.1, -0.05) is 35.3 Å². The van der Waals surface area contributed by atoms with Crippen molar-refractivity contribution in [2.24, 2.45) is 0 Å². The molecule has 6 heteroatoms. The first-order valence-electron chi connectivity index (χ1n) is 6.32. The van der Waals surface area contributed by atoms with Crippen molar-refractivity contribution in [2.45, 2.75) is 19.4 Å². The summed E-state index contributed by atoms with van der Waals surface area (Å²) in [6, 6.07) is 7.45. The van der Waals surface area contributed by atoms with Crippen molar-refractivity contribution in [3.8, 4) is 0 Å². The maximum absolute atomic E-state index is 12.8. The lowest BCUT2D eigenvalue weighted by Crippen LogP contribution is -2.34. The Bertz CT molecular complexity index is 647. The molecule has 1 atom stereocenters. The van der Waals surface area contributed by atoms with Crippen LogP contribution in [0.5, 0.6) is 0 Å². The van der Waals surface area contributed by atoms with E-state index in [9.17, 15) is 9.18 Å². The number of rotatable bonds is 4. The van der Waals surface area contributed by atoms with Crippen LogP contribution in [0.2, 0.25) is 10.2 Å². The number of aromatic nitrogens is 1. The van der Waals surface area contributed by atoms with Gasteiger partial charge >= 0.3 is 0 Å². The van der Waals surface area contributed by atoms with Crippen LogP contribution >= 0.6 is 23.2 Å². The van der Waals surface area contributed by atoms with E-state index in [1.54, 1.807) is 12.1 Å². The average molecular weight is 327 g/mol. The molecule has 1 amide bonds. The smallest absolute Gasteiger partial charge is 0.253 e. The first-order chi connectivity index (χ1) is 9.95. The maximum atomic E-state index is 12.8. The Kier molecular flexibility index (Phi) is 5.15. The highest BCUT2D eigenvalue weighted by atomic mass is 35.5. The highest BCUT2D eigenvalue weighted by molar-refractivity contribution is 6.35. The summed E-state index contributed by atoms with van der Waals surface area (Å²) in [6.45, 7) is 1.86. The molecule has 1 N–H and O–H groups in total. The van der Waals surface area contributed by atoms with Crippen LogP contribution in [0.15, 0.2) is 36.5 Å². The van der Waals surface area contributed by atoms with Gasteiger partial charge in [0.05, 0.1) is 10.6 Å². The van der Waals surface area contributed by atoms with Crippen molar-refractivity contribution in [2.75, 3.05) is 0 Å². The summed E-state index contributed by atoms with van der Waals surface area (Å²) in [4.78, 5) is 15.9. The summed E-state index contributed by atoms with van der Waals surface area (Å²) < 4.78 is 12.8. The number of nitrogens with one attached hydrogen (secondary N) is 1. The maximum Gasteiger partial charge on any atom is 0.253 e. The molecule has 0 radical (unpaired) electrons. The number of pyridine rings is 1. The molecule has 2 aromatic rings.